The molecule has 0 saturated heterocycles. The largest absolute Gasteiger partial charge is 0.416 e. The van der Waals surface area contributed by atoms with E-state index in [-0.39, 0.29) is 17.1 Å². The molecule has 6 nitrogen and oxygen atoms in total. The van der Waals surface area contributed by atoms with Gasteiger partial charge in [0.05, 0.1) is 5.56 Å². The molecule has 0 spiro atoms. The Morgan fingerprint density at radius 2 is 1.95 bits per heavy atom. The number of halogens is 3. The lowest BCUT2D eigenvalue weighted by Crippen LogP contribution is -2.12. The first-order chi connectivity index (χ1) is 8.77. The molecule has 9 heteroatoms. The smallest absolute Gasteiger partial charge is 0.399 e. The molecule has 1 aromatic heterocycles. The van der Waals surface area contributed by atoms with Gasteiger partial charge in [-0.25, -0.2) is 0 Å². The number of alkyl halides is 3. The molecule has 0 bridgehead atoms. The van der Waals surface area contributed by atoms with Crippen LogP contribution in [0.2, 0.25) is 0 Å². The van der Waals surface area contributed by atoms with E-state index in [0.717, 1.165) is 12.1 Å². The first kappa shape index (κ1) is 12.9. The Morgan fingerprint density at radius 3 is 2.47 bits per heavy atom. The summed E-state index contributed by atoms with van der Waals surface area (Å²) in [6.07, 6.45) is -4.56. The van der Waals surface area contributed by atoms with Crippen LogP contribution in [0.25, 0.3) is 11.5 Å². The van der Waals surface area contributed by atoms with Crippen molar-refractivity contribution < 1.29 is 22.5 Å². The van der Waals surface area contributed by atoms with Gasteiger partial charge < -0.3 is 16.0 Å². The number of nitrogens with zero attached hydrogens (tertiary/aromatic N) is 2. The second kappa shape index (κ2) is 4.26. The fourth-order valence-corrected chi connectivity index (χ4v) is 1.38. The van der Waals surface area contributed by atoms with E-state index in [9.17, 15) is 18.0 Å². The van der Waals surface area contributed by atoms with E-state index in [1.807, 2.05) is 0 Å². The molecular weight excluding hydrogens is 265 g/mol. The average Bonchev–Trinajstić information content (AvgIpc) is 2.76. The van der Waals surface area contributed by atoms with Crippen LogP contribution >= 0.6 is 0 Å². The molecule has 2 rings (SSSR count). The van der Waals surface area contributed by atoms with Gasteiger partial charge >= 0.3 is 6.18 Å². The standard InChI is InChI=1S/C10H7F3N4O2/c11-10(12,13)5-1-4(2-6(14)3-5)9-16-8(7(15)18)17-19-9/h1-3H,14H2,(H2,15,18). The van der Waals surface area contributed by atoms with Gasteiger partial charge in [-0.15, -0.1) is 0 Å². The molecule has 0 unspecified atom stereocenters. The predicted molar refractivity (Wildman–Crippen MR) is 57.7 cm³/mol. The Labute approximate surface area is 104 Å². The van der Waals surface area contributed by atoms with Crippen molar-refractivity contribution in [3.8, 4) is 11.5 Å². The molecule has 0 fully saturated rings. The van der Waals surface area contributed by atoms with Crippen LogP contribution in [0.1, 0.15) is 16.2 Å². The summed E-state index contributed by atoms with van der Waals surface area (Å²) in [5.41, 5.74) is 9.16. The van der Waals surface area contributed by atoms with Gasteiger partial charge in [0.2, 0.25) is 0 Å². The minimum atomic E-state index is -4.56. The molecule has 0 aliphatic carbocycles. The maximum absolute atomic E-state index is 12.6. The van der Waals surface area contributed by atoms with Gasteiger partial charge in [-0.1, -0.05) is 5.16 Å². The summed E-state index contributed by atoms with van der Waals surface area (Å²) in [4.78, 5) is 14.3. The van der Waals surface area contributed by atoms with Crippen molar-refractivity contribution in [2.75, 3.05) is 5.73 Å². The molecule has 0 saturated carbocycles. The van der Waals surface area contributed by atoms with E-state index in [2.05, 4.69) is 14.7 Å². The van der Waals surface area contributed by atoms with E-state index in [1.165, 1.54) is 6.07 Å². The van der Waals surface area contributed by atoms with Crippen LogP contribution in [0.5, 0.6) is 0 Å². The van der Waals surface area contributed by atoms with Crippen molar-refractivity contribution in [2.24, 2.45) is 5.73 Å². The number of amides is 1. The summed E-state index contributed by atoms with van der Waals surface area (Å²) < 4.78 is 42.5. The summed E-state index contributed by atoms with van der Waals surface area (Å²) in [5.74, 6) is -1.65. The molecule has 1 heterocycles. The lowest BCUT2D eigenvalue weighted by atomic mass is 10.1. The van der Waals surface area contributed by atoms with Gasteiger partial charge in [0.25, 0.3) is 17.6 Å². The maximum Gasteiger partial charge on any atom is 0.416 e. The zero-order valence-electron chi connectivity index (χ0n) is 9.23. The lowest BCUT2D eigenvalue weighted by molar-refractivity contribution is -0.137. The van der Waals surface area contributed by atoms with Crippen LogP contribution in [-0.2, 0) is 6.18 Å². The van der Waals surface area contributed by atoms with Gasteiger partial charge in [-0.2, -0.15) is 18.2 Å². The third-order valence-electron chi connectivity index (χ3n) is 2.18. The number of nitrogens with two attached hydrogens (primary N) is 2. The summed E-state index contributed by atoms with van der Waals surface area (Å²) in [5, 5.41) is 3.23. The van der Waals surface area contributed by atoms with Gasteiger partial charge in [-0.3, -0.25) is 4.79 Å². The van der Waals surface area contributed by atoms with Crippen molar-refractivity contribution in [1.82, 2.24) is 10.1 Å². The van der Waals surface area contributed by atoms with Crippen molar-refractivity contribution in [2.45, 2.75) is 6.18 Å². The van der Waals surface area contributed by atoms with Crippen molar-refractivity contribution in [3.05, 3.63) is 29.6 Å². The monoisotopic (exact) mass is 272 g/mol. The number of benzene rings is 1. The quantitative estimate of drug-likeness (QED) is 0.804. The Balaban J connectivity index is 2.50. The Bertz CT molecular complexity index is 636. The average molecular weight is 272 g/mol. The van der Waals surface area contributed by atoms with E-state index in [1.54, 1.807) is 0 Å². The molecular formula is C10H7F3N4O2. The van der Waals surface area contributed by atoms with Gasteiger partial charge in [0.1, 0.15) is 0 Å². The highest BCUT2D eigenvalue weighted by atomic mass is 19.4. The number of aromatic nitrogens is 2. The minimum Gasteiger partial charge on any atom is -0.399 e. The third-order valence-corrected chi connectivity index (χ3v) is 2.18. The second-order valence-electron chi connectivity index (χ2n) is 3.63. The summed E-state index contributed by atoms with van der Waals surface area (Å²) >= 11 is 0. The Kier molecular flexibility index (Phi) is 2.89. The number of hydrogen-bond donors (Lipinski definition) is 2. The molecule has 1 amide bonds. The van der Waals surface area contributed by atoms with Crippen LogP contribution < -0.4 is 11.5 Å². The fourth-order valence-electron chi connectivity index (χ4n) is 1.38. The van der Waals surface area contributed by atoms with Gasteiger partial charge in [0.15, 0.2) is 0 Å². The van der Waals surface area contributed by atoms with Gasteiger partial charge in [0, 0.05) is 11.3 Å². The Morgan fingerprint density at radius 1 is 1.26 bits per heavy atom. The molecule has 4 N–H and O–H groups in total. The van der Waals surface area contributed by atoms with E-state index < -0.39 is 23.5 Å². The first-order valence-corrected chi connectivity index (χ1v) is 4.89. The lowest BCUT2D eigenvalue weighted by Gasteiger charge is -2.08. The van der Waals surface area contributed by atoms with Crippen molar-refractivity contribution in [3.63, 3.8) is 0 Å². The highest BCUT2D eigenvalue weighted by molar-refractivity contribution is 5.89. The zero-order chi connectivity index (χ0) is 14.2. The van der Waals surface area contributed by atoms with Gasteiger partial charge in [-0.05, 0) is 18.2 Å². The molecule has 0 atom stereocenters. The Hall–Kier alpha value is -2.58. The summed E-state index contributed by atoms with van der Waals surface area (Å²) in [6.45, 7) is 0. The van der Waals surface area contributed by atoms with Crippen LogP contribution in [0, 0.1) is 0 Å². The van der Waals surface area contributed by atoms with Crippen LogP contribution in [-0.4, -0.2) is 16.0 Å². The molecule has 2 aromatic rings. The van der Waals surface area contributed by atoms with Crippen molar-refractivity contribution >= 4 is 11.6 Å². The number of carbonyl (C=O) groups excluding carboxylic acids is 1. The van der Waals surface area contributed by atoms with E-state index in [4.69, 9.17) is 11.5 Å². The second-order valence-corrected chi connectivity index (χ2v) is 3.63. The topological polar surface area (TPSA) is 108 Å². The number of carbonyl (C=O) groups is 1. The third kappa shape index (κ3) is 2.64. The zero-order valence-corrected chi connectivity index (χ0v) is 9.23. The number of rotatable bonds is 2. The number of primary amides is 1. The molecule has 100 valence electrons. The minimum absolute atomic E-state index is 0.0488. The fraction of sp³-hybridized carbons (Fsp3) is 0.100. The molecule has 0 aliphatic heterocycles. The van der Waals surface area contributed by atoms with Crippen molar-refractivity contribution in [1.29, 1.82) is 0 Å². The molecule has 0 radical (unpaired) electrons. The van der Waals surface area contributed by atoms with Crippen LogP contribution in [0.4, 0.5) is 18.9 Å². The van der Waals surface area contributed by atoms with Crippen LogP contribution in [0.15, 0.2) is 22.7 Å². The normalized spacial score (nSPS) is 11.5. The maximum atomic E-state index is 12.6. The number of hydrogen-bond acceptors (Lipinski definition) is 5. The van der Waals surface area contributed by atoms with Crippen LogP contribution in [0.3, 0.4) is 0 Å². The summed E-state index contributed by atoms with van der Waals surface area (Å²) in [7, 11) is 0. The predicted octanol–water partition coefficient (Wildman–Crippen LogP) is 1.44. The SMILES string of the molecule is NC(=O)c1noc(-c2cc(N)cc(C(F)(F)F)c2)n1. The highest BCUT2D eigenvalue weighted by Crippen LogP contribution is 2.33. The molecule has 1 aromatic carbocycles. The molecule has 0 aliphatic rings. The highest BCUT2D eigenvalue weighted by Gasteiger charge is 2.31. The number of anilines is 1. The van der Waals surface area contributed by atoms with E-state index >= 15 is 0 Å². The number of nitrogen functional groups attached to an aromatic ring is 1. The summed E-state index contributed by atoms with van der Waals surface area (Å²) in [6, 6.07) is 2.77. The molecule has 19 heavy (non-hydrogen) atoms. The van der Waals surface area contributed by atoms with E-state index in [0.29, 0.717) is 0 Å². The first-order valence-electron chi connectivity index (χ1n) is 4.89.